The van der Waals surface area contributed by atoms with Crippen molar-refractivity contribution in [2.24, 2.45) is 7.05 Å². The van der Waals surface area contributed by atoms with Gasteiger partial charge in [-0.2, -0.15) is 0 Å². The molecule has 2 aromatic heterocycles. The summed E-state index contributed by atoms with van der Waals surface area (Å²) in [7, 11) is 3.74. The first kappa shape index (κ1) is 18.0. The van der Waals surface area contributed by atoms with E-state index in [1.165, 1.54) is 10.9 Å². The maximum absolute atomic E-state index is 5.33. The molecule has 0 radical (unpaired) electrons. The van der Waals surface area contributed by atoms with Gasteiger partial charge in [0.15, 0.2) is 0 Å². The van der Waals surface area contributed by atoms with Crippen LogP contribution < -0.4 is 10.1 Å². The summed E-state index contributed by atoms with van der Waals surface area (Å²) in [5, 5.41) is 4.70. The molecule has 0 spiro atoms. The second-order valence-corrected chi connectivity index (χ2v) is 7.03. The van der Waals surface area contributed by atoms with Gasteiger partial charge in [0, 0.05) is 35.8 Å². The number of hydrogen-bond acceptors (Lipinski definition) is 4. The highest BCUT2D eigenvalue weighted by atomic mass is 16.5. The van der Waals surface area contributed by atoms with E-state index < -0.39 is 0 Å². The minimum atomic E-state index is 0.0915. The third-order valence-corrected chi connectivity index (χ3v) is 4.98. The van der Waals surface area contributed by atoms with Crippen molar-refractivity contribution >= 4 is 16.7 Å². The van der Waals surface area contributed by atoms with Gasteiger partial charge in [-0.3, -0.25) is 0 Å². The Bertz CT molecular complexity index is 1130. The standard InChI is InChI=1S/C23H24N4O/c1-15(17-6-5-7-20(13-17)28-4)24-23-14-21(25-16(2)26-23)18-8-9-22-19(12-18)10-11-27(22)3/h5-15H,1-4H3,(H,24,25,26)/t15-/m0/s1. The second kappa shape index (κ2) is 7.35. The monoisotopic (exact) mass is 372 g/mol. The van der Waals surface area contributed by atoms with Gasteiger partial charge in [-0.05, 0) is 49.7 Å². The Hall–Kier alpha value is -3.34. The van der Waals surface area contributed by atoms with Gasteiger partial charge in [0.25, 0.3) is 0 Å². The zero-order chi connectivity index (χ0) is 19.7. The summed E-state index contributed by atoms with van der Waals surface area (Å²) in [5.41, 5.74) is 4.35. The summed E-state index contributed by atoms with van der Waals surface area (Å²) >= 11 is 0. The molecule has 0 aliphatic rings. The van der Waals surface area contributed by atoms with Crippen molar-refractivity contribution in [1.29, 1.82) is 0 Å². The molecule has 28 heavy (non-hydrogen) atoms. The van der Waals surface area contributed by atoms with Crippen molar-refractivity contribution < 1.29 is 4.74 Å². The third-order valence-electron chi connectivity index (χ3n) is 4.98. The Morgan fingerprint density at radius 1 is 1.04 bits per heavy atom. The highest BCUT2D eigenvalue weighted by Crippen LogP contribution is 2.27. The quantitative estimate of drug-likeness (QED) is 0.528. The number of aryl methyl sites for hydroxylation is 2. The minimum absolute atomic E-state index is 0.0915. The van der Waals surface area contributed by atoms with E-state index in [9.17, 15) is 0 Å². The molecule has 1 atom stereocenters. The number of hydrogen-bond donors (Lipinski definition) is 1. The molecule has 2 heterocycles. The van der Waals surface area contributed by atoms with Crippen LogP contribution in [0.4, 0.5) is 5.82 Å². The summed E-state index contributed by atoms with van der Waals surface area (Å²) in [4.78, 5) is 9.22. The van der Waals surface area contributed by atoms with Crippen LogP contribution in [0, 0.1) is 6.92 Å². The first-order valence-corrected chi connectivity index (χ1v) is 9.35. The number of rotatable bonds is 5. The van der Waals surface area contributed by atoms with Crippen LogP contribution in [0.25, 0.3) is 22.2 Å². The molecule has 142 valence electrons. The number of benzene rings is 2. The molecule has 0 fully saturated rings. The zero-order valence-corrected chi connectivity index (χ0v) is 16.6. The van der Waals surface area contributed by atoms with Crippen molar-refractivity contribution in [2.45, 2.75) is 19.9 Å². The number of nitrogens with one attached hydrogen (secondary N) is 1. The van der Waals surface area contributed by atoms with Gasteiger partial charge in [-0.25, -0.2) is 9.97 Å². The van der Waals surface area contributed by atoms with Crippen LogP contribution >= 0.6 is 0 Å². The molecule has 0 aliphatic heterocycles. The number of nitrogens with zero attached hydrogens (tertiary/aromatic N) is 3. The molecule has 4 rings (SSSR count). The minimum Gasteiger partial charge on any atom is -0.497 e. The molecule has 4 aromatic rings. The average molecular weight is 372 g/mol. The van der Waals surface area contributed by atoms with E-state index in [0.29, 0.717) is 0 Å². The molecule has 0 bridgehead atoms. The Balaban J connectivity index is 1.64. The lowest BCUT2D eigenvalue weighted by Crippen LogP contribution is -2.09. The van der Waals surface area contributed by atoms with E-state index in [1.807, 2.05) is 31.2 Å². The Morgan fingerprint density at radius 2 is 1.89 bits per heavy atom. The van der Waals surface area contributed by atoms with Gasteiger partial charge in [-0.15, -0.1) is 0 Å². The Labute approximate surface area is 165 Å². The van der Waals surface area contributed by atoms with Gasteiger partial charge < -0.3 is 14.6 Å². The maximum Gasteiger partial charge on any atom is 0.130 e. The predicted molar refractivity (Wildman–Crippen MR) is 114 cm³/mol. The first-order valence-electron chi connectivity index (χ1n) is 9.35. The third kappa shape index (κ3) is 3.56. The summed E-state index contributed by atoms with van der Waals surface area (Å²) in [6.07, 6.45) is 2.07. The highest BCUT2D eigenvalue weighted by molar-refractivity contribution is 5.85. The molecule has 0 saturated carbocycles. The van der Waals surface area contributed by atoms with E-state index in [1.54, 1.807) is 7.11 Å². The van der Waals surface area contributed by atoms with E-state index in [-0.39, 0.29) is 6.04 Å². The molecule has 1 N–H and O–H groups in total. The molecule has 0 amide bonds. The van der Waals surface area contributed by atoms with Crippen LogP contribution in [-0.2, 0) is 7.05 Å². The van der Waals surface area contributed by atoms with Gasteiger partial charge in [0.05, 0.1) is 18.8 Å². The van der Waals surface area contributed by atoms with Gasteiger partial charge in [0.1, 0.15) is 17.4 Å². The Morgan fingerprint density at radius 3 is 2.71 bits per heavy atom. The van der Waals surface area contributed by atoms with Crippen molar-refractivity contribution in [1.82, 2.24) is 14.5 Å². The highest BCUT2D eigenvalue weighted by Gasteiger charge is 2.11. The van der Waals surface area contributed by atoms with Crippen LogP contribution in [0.15, 0.2) is 60.8 Å². The average Bonchev–Trinajstić information content (AvgIpc) is 3.08. The van der Waals surface area contributed by atoms with Crippen molar-refractivity contribution in [2.75, 3.05) is 12.4 Å². The van der Waals surface area contributed by atoms with E-state index >= 15 is 0 Å². The molecule has 0 aliphatic carbocycles. The first-order chi connectivity index (χ1) is 13.5. The maximum atomic E-state index is 5.33. The largest absolute Gasteiger partial charge is 0.497 e. The van der Waals surface area contributed by atoms with E-state index in [2.05, 4.69) is 70.4 Å². The number of ether oxygens (including phenoxy) is 1. The fourth-order valence-electron chi connectivity index (χ4n) is 3.45. The van der Waals surface area contributed by atoms with Crippen LogP contribution in [0.1, 0.15) is 24.4 Å². The second-order valence-electron chi connectivity index (χ2n) is 7.03. The van der Waals surface area contributed by atoms with Gasteiger partial charge in [0.2, 0.25) is 0 Å². The van der Waals surface area contributed by atoms with E-state index in [0.717, 1.165) is 34.2 Å². The van der Waals surface area contributed by atoms with Crippen molar-refractivity contribution in [3.05, 3.63) is 72.2 Å². The van der Waals surface area contributed by atoms with Crippen LogP contribution in [-0.4, -0.2) is 21.6 Å². The van der Waals surface area contributed by atoms with Crippen LogP contribution in [0.3, 0.4) is 0 Å². The lowest BCUT2D eigenvalue weighted by atomic mass is 10.1. The summed E-state index contributed by atoms with van der Waals surface area (Å²) in [6, 6.07) is 18.7. The fourth-order valence-corrected chi connectivity index (χ4v) is 3.45. The summed E-state index contributed by atoms with van der Waals surface area (Å²) < 4.78 is 7.45. The number of methoxy groups -OCH3 is 1. The number of fused-ring (bicyclic) bond motifs is 1. The molecule has 5 heteroatoms. The molecule has 0 saturated heterocycles. The topological polar surface area (TPSA) is 52.0 Å². The lowest BCUT2D eigenvalue weighted by molar-refractivity contribution is 0.414. The van der Waals surface area contributed by atoms with E-state index in [4.69, 9.17) is 4.74 Å². The molecular formula is C23H24N4O. The van der Waals surface area contributed by atoms with Gasteiger partial charge >= 0.3 is 0 Å². The zero-order valence-electron chi connectivity index (χ0n) is 16.6. The summed E-state index contributed by atoms with van der Waals surface area (Å²) in [5.74, 6) is 2.40. The molecular weight excluding hydrogens is 348 g/mol. The van der Waals surface area contributed by atoms with Gasteiger partial charge in [-0.1, -0.05) is 18.2 Å². The smallest absolute Gasteiger partial charge is 0.130 e. The van der Waals surface area contributed by atoms with Crippen LogP contribution in [0.5, 0.6) is 5.75 Å². The molecule has 5 nitrogen and oxygen atoms in total. The number of anilines is 1. The normalized spacial score (nSPS) is 12.1. The number of aromatic nitrogens is 3. The van der Waals surface area contributed by atoms with Crippen LogP contribution in [0.2, 0.25) is 0 Å². The lowest BCUT2D eigenvalue weighted by Gasteiger charge is -2.17. The Kier molecular flexibility index (Phi) is 4.74. The SMILES string of the molecule is COc1cccc([C@H](C)Nc2cc(-c3ccc4c(ccn4C)c3)nc(C)n2)c1. The molecule has 0 unspecified atom stereocenters. The summed E-state index contributed by atoms with van der Waals surface area (Å²) in [6.45, 7) is 4.04. The predicted octanol–water partition coefficient (Wildman–Crippen LogP) is 5.13. The fraction of sp³-hybridized carbons (Fsp3) is 0.217. The van der Waals surface area contributed by atoms with Crippen molar-refractivity contribution in [3.8, 4) is 17.0 Å². The van der Waals surface area contributed by atoms with Crippen molar-refractivity contribution in [3.63, 3.8) is 0 Å². The molecule has 2 aromatic carbocycles.